The number of carbonyl (C=O) groups excluding carboxylic acids is 2. The molecule has 0 atom stereocenters. The summed E-state index contributed by atoms with van der Waals surface area (Å²) in [6.45, 7) is 6.21. The minimum atomic E-state index is -0.128. The number of fused-ring (bicyclic) bond motifs is 1. The van der Waals surface area contributed by atoms with Gasteiger partial charge in [-0.15, -0.1) is 0 Å². The van der Waals surface area contributed by atoms with Crippen LogP contribution in [0.1, 0.15) is 21.5 Å². The van der Waals surface area contributed by atoms with Crippen LogP contribution in [0.2, 0.25) is 0 Å². The first-order valence-electron chi connectivity index (χ1n) is 10.8. The van der Waals surface area contributed by atoms with Crippen LogP contribution in [0.3, 0.4) is 0 Å². The van der Waals surface area contributed by atoms with E-state index in [1.54, 1.807) is 7.05 Å². The number of amides is 2. The minimum Gasteiger partial charge on any atom is -0.339 e. The molecular formula is C26H29N3O2. The first kappa shape index (κ1) is 21.1. The van der Waals surface area contributed by atoms with Crippen LogP contribution in [-0.2, 0) is 11.3 Å². The molecular weight excluding hydrogens is 386 g/mol. The van der Waals surface area contributed by atoms with Crippen molar-refractivity contribution < 1.29 is 9.59 Å². The maximum atomic E-state index is 12.8. The highest BCUT2D eigenvalue weighted by atomic mass is 16.2. The molecule has 2 amide bonds. The summed E-state index contributed by atoms with van der Waals surface area (Å²) in [4.78, 5) is 31.4. The largest absolute Gasteiger partial charge is 0.339 e. The number of benzene rings is 3. The smallest absolute Gasteiger partial charge is 0.254 e. The van der Waals surface area contributed by atoms with Crippen molar-refractivity contribution in [2.24, 2.45) is 0 Å². The van der Waals surface area contributed by atoms with Crippen LogP contribution in [0, 0.1) is 6.92 Å². The molecule has 0 unspecified atom stereocenters. The van der Waals surface area contributed by atoms with E-state index in [-0.39, 0.29) is 18.4 Å². The van der Waals surface area contributed by atoms with Crippen molar-refractivity contribution in [3.63, 3.8) is 0 Å². The highest BCUT2D eigenvalue weighted by Gasteiger charge is 2.23. The fraction of sp³-hybridized carbons (Fsp3) is 0.308. The second-order valence-electron chi connectivity index (χ2n) is 8.37. The first-order chi connectivity index (χ1) is 15.0. The SMILES string of the molecule is Cc1cccc(CN2CCN(C(=O)CN(C)C(=O)c3ccc4ccccc4c3)CC2)c1. The van der Waals surface area contributed by atoms with E-state index in [1.165, 1.54) is 16.0 Å². The molecule has 0 saturated carbocycles. The third-order valence-electron chi connectivity index (χ3n) is 5.93. The zero-order valence-electron chi connectivity index (χ0n) is 18.3. The number of piperazine rings is 1. The molecule has 160 valence electrons. The molecule has 0 aliphatic carbocycles. The number of hydrogen-bond donors (Lipinski definition) is 0. The molecule has 3 aromatic carbocycles. The van der Waals surface area contributed by atoms with Crippen LogP contribution in [0.15, 0.2) is 66.7 Å². The zero-order valence-corrected chi connectivity index (χ0v) is 18.3. The fourth-order valence-corrected chi connectivity index (χ4v) is 4.14. The molecule has 1 aliphatic rings. The molecule has 0 bridgehead atoms. The molecule has 1 saturated heterocycles. The van der Waals surface area contributed by atoms with Gasteiger partial charge in [-0.05, 0) is 35.4 Å². The Morgan fingerprint density at radius 1 is 0.871 bits per heavy atom. The highest BCUT2D eigenvalue weighted by Crippen LogP contribution is 2.17. The molecule has 1 aliphatic heterocycles. The normalized spacial score (nSPS) is 14.6. The van der Waals surface area contributed by atoms with Crippen molar-refractivity contribution in [3.05, 3.63) is 83.4 Å². The topological polar surface area (TPSA) is 43.9 Å². The van der Waals surface area contributed by atoms with Crippen molar-refractivity contribution in [1.82, 2.24) is 14.7 Å². The van der Waals surface area contributed by atoms with E-state index in [2.05, 4.69) is 36.1 Å². The molecule has 5 heteroatoms. The van der Waals surface area contributed by atoms with Crippen LogP contribution in [0.25, 0.3) is 10.8 Å². The summed E-state index contributed by atoms with van der Waals surface area (Å²) in [5, 5.41) is 2.12. The molecule has 1 fully saturated rings. The van der Waals surface area contributed by atoms with E-state index in [0.29, 0.717) is 18.7 Å². The van der Waals surface area contributed by atoms with Gasteiger partial charge in [0.1, 0.15) is 0 Å². The van der Waals surface area contributed by atoms with Crippen molar-refractivity contribution in [2.45, 2.75) is 13.5 Å². The van der Waals surface area contributed by atoms with Gasteiger partial charge in [-0.1, -0.05) is 60.2 Å². The van der Waals surface area contributed by atoms with E-state index in [9.17, 15) is 9.59 Å². The average molecular weight is 416 g/mol. The first-order valence-corrected chi connectivity index (χ1v) is 10.8. The predicted molar refractivity (Wildman–Crippen MR) is 124 cm³/mol. The van der Waals surface area contributed by atoms with Crippen molar-refractivity contribution in [3.8, 4) is 0 Å². The maximum absolute atomic E-state index is 12.8. The molecule has 0 radical (unpaired) electrons. The Balaban J connectivity index is 1.30. The number of hydrogen-bond acceptors (Lipinski definition) is 3. The van der Waals surface area contributed by atoms with Crippen LogP contribution in [-0.4, -0.2) is 66.3 Å². The van der Waals surface area contributed by atoms with Gasteiger partial charge in [-0.3, -0.25) is 14.5 Å². The van der Waals surface area contributed by atoms with Gasteiger partial charge in [-0.2, -0.15) is 0 Å². The number of rotatable bonds is 5. The Kier molecular flexibility index (Phi) is 6.33. The van der Waals surface area contributed by atoms with E-state index >= 15 is 0 Å². The number of carbonyl (C=O) groups is 2. The van der Waals surface area contributed by atoms with E-state index in [0.717, 1.165) is 30.4 Å². The van der Waals surface area contributed by atoms with Crippen LogP contribution in [0.4, 0.5) is 0 Å². The number of nitrogens with zero attached hydrogens (tertiary/aromatic N) is 3. The molecule has 5 nitrogen and oxygen atoms in total. The summed E-state index contributed by atoms with van der Waals surface area (Å²) in [7, 11) is 1.70. The molecule has 3 aromatic rings. The van der Waals surface area contributed by atoms with Gasteiger partial charge in [0.2, 0.25) is 5.91 Å². The van der Waals surface area contributed by atoms with Crippen molar-refractivity contribution >= 4 is 22.6 Å². The fourth-order valence-electron chi connectivity index (χ4n) is 4.14. The lowest BCUT2D eigenvalue weighted by atomic mass is 10.1. The van der Waals surface area contributed by atoms with Gasteiger partial charge in [0.15, 0.2) is 0 Å². The molecule has 4 rings (SSSR count). The summed E-state index contributed by atoms with van der Waals surface area (Å²) in [6.07, 6.45) is 0. The Hall–Kier alpha value is -3.18. The van der Waals surface area contributed by atoms with Crippen molar-refractivity contribution in [1.29, 1.82) is 0 Å². The van der Waals surface area contributed by atoms with Gasteiger partial charge in [-0.25, -0.2) is 0 Å². The van der Waals surface area contributed by atoms with E-state index in [4.69, 9.17) is 0 Å². The molecule has 31 heavy (non-hydrogen) atoms. The maximum Gasteiger partial charge on any atom is 0.254 e. The number of likely N-dealkylation sites (N-methyl/N-ethyl adjacent to an activating group) is 1. The molecule has 1 heterocycles. The minimum absolute atomic E-state index is 0.00634. The lowest BCUT2D eigenvalue weighted by Crippen LogP contribution is -2.51. The highest BCUT2D eigenvalue weighted by molar-refractivity contribution is 5.99. The lowest BCUT2D eigenvalue weighted by Gasteiger charge is -2.35. The van der Waals surface area contributed by atoms with Crippen LogP contribution < -0.4 is 0 Å². The van der Waals surface area contributed by atoms with E-state index < -0.39 is 0 Å². The summed E-state index contributed by atoms with van der Waals surface area (Å²) in [6, 6.07) is 22.2. The average Bonchev–Trinajstić information content (AvgIpc) is 2.78. The molecule has 0 aromatic heterocycles. The standard InChI is InChI=1S/C26H29N3O2/c1-20-6-5-7-21(16-20)18-28-12-14-29(15-13-28)25(30)19-27(2)26(31)24-11-10-22-8-3-4-9-23(22)17-24/h3-11,16-17H,12-15,18-19H2,1-2H3. The Bertz CT molecular complexity index is 1090. The molecule has 0 spiro atoms. The lowest BCUT2D eigenvalue weighted by molar-refractivity contribution is -0.133. The van der Waals surface area contributed by atoms with Gasteiger partial charge in [0, 0.05) is 45.3 Å². The van der Waals surface area contributed by atoms with Crippen LogP contribution in [0.5, 0.6) is 0 Å². The van der Waals surface area contributed by atoms with Crippen LogP contribution >= 0.6 is 0 Å². The summed E-state index contributed by atoms with van der Waals surface area (Å²) >= 11 is 0. The predicted octanol–water partition coefficient (Wildman–Crippen LogP) is 3.56. The second kappa shape index (κ2) is 9.31. The number of aryl methyl sites for hydroxylation is 1. The zero-order chi connectivity index (χ0) is 21.8. The van der Waals surface area contributed by atoms with Crippen molar-refractivity contribution in [2.75, 3.05) is 39.8 Å². The third-order valence-corrected chi connectivity index (χ3v) is 5.93. The Morgan fingerprint density at radius 3 is 2.35 bits per heavy atom. The quantitative estimate of drug-likeness (QED) is 0.640. The van der Waals surface area contributed by atoms with Gasteiger partial charge < -0.3 is 9.80 Å². The van der Waals surface area contributed by atoms with Gasteiger partial charge in [0.25, 0.3) is 5.91 Å². The summed E-state index contributed by atoms with van der Waals surface area (Å²) in [5.74, 6) is -0.121. The van der Waals surface area contributed by atoms with E-state index in [1.807, 2.05) is 47.4 Å². The molecule has 0 N–H and O–H groups in total. The van der Waals surface area contributed by atoms with Gasteiger partial charge >= 0.3 is 0 Å². The second-order valence-corrected chi connectivity index (χ2v) is 8.37. The monoisotopic (exact) mass is 415 g/mol. The Labute approximate surface area is 183 Å². The summed E-state index contributed by atoms with van der Waals surface area (Å²) < 4.78 is 0. The third kappa shape index (κ3) is 5.12. The Morgan fingerprint density at radius 2 is 1.61 bits per heavy atom. The summed E-state index contributed by atoms with van der Waals surface area (Å²) in [5.41, 5.74) is 3.18. The van der Waals surface area contributed by atoms with Gasteiger partial charge in [0.05, 0.1) is 6.54 Å².